The van der Waals surface area contributed by atoms with Gasteiger partial charge < -0.3 is 9.84 Å². The van der Waals surface area contributed by atoms with Gasteiger partial charge in [0.1, 0.15) is 10.7 Å². The molecule has 1 N–H and O–H groups in total. The predicted octanol–water partition coefficient (Wildman–Crippen LogP) is 2.44. The highest BCUT2D eigenvalue weighted by Crippen LogP contribution is 2.34. The Hall–Kier alpha value is -1.07. The number of hydrogen-bond acceptors (Lipinski definition) is 4. The van der Waals surface area contributed by atoms with Crippen molar-refractivity contribution in [2.24, 2.45) is 5.92 Å². The number of carbonyl (C=O) groups is 1. The molecule has 5 nitrogen and oxygen atoms in total. The normalized spacial score (nSPS) is 23.3. The molecule has 0 spiro atoms. The van der Waals surface area contributed by atoms with Crippen LogP contribution in [0.1, 0.15) is 49.0 Å². The molecular weight excluding hydrogens is 268 g/mol. The van der Waals surface area contributed by atoms with E-state index in [0.717, 1.165) is 25.7 Å². The Bertz CT molecular complexity index is 439. The van der Waals surface area contributed by atoms with Crippen LogP contribution in [-0.2, 0) is 4.74 Å². The minimum absolute atomic E-state index is 0.207. The van der Waals surface area contributed by atoms with Crippen LogP contribution in [0.3, 0.4) is 0 Å². The minimum atomic E-state index is -0.428. The SMILES string of the molecule is CCOC(=O)c1cnn(C2CCC(CO)CC2)c1Cl. The Morgan fingerprint density at radius 3 is 2.79 bits per heavy atom. The van der Waals surface area contributed by atoms with Gasteiger partial charge in [-0.1, -0.05) is 11.6 Å². The predicted molar refractivity (Wildman–Crippen MR) is 71.3 cm³/mol. The van der Waals surface area contributed by atoms with E-state index in [1.54, 1.807) is 11.6 Å². The summed E-state index contributed by atoms with van der Waals surface area (Å²) in [5.41, 5.74) is 0.327. The molecule has 19 heavy (non-hydrogen) atoms. The van der Waals surface area contributed by atoms with Gasteiger partial charge in [0.05, 0.1) is 18.8 Å². The van der Waals surface area contributed by atoms with Crippen LogP contribution in [0.25, 0.3) is 0 Å². The second kappa shape index (κ2) is 6.39. The summed E-state index contributed by atoms with van der Waals surface area (Å²) in [4.78, 5) is 11.7. The van der Waals surface area contributed by atoms with Crippen molar-refractivity contribution in [1.82, 2.24) is 9.78 Å². The monoisotopic (exact) mass is 286 g/mol. The second-order valence-corrected chi connectivity index (χ2v) is 5.23. The smallest absolute Gasteiger partial charge is 0.342 e. The van der Waals surface area contributed by atoms with Crippen molar-refractivity contribution in [2.45, 2.75) is 38.6 Å². The maximum absolute atomic E-state index is 11.7. The average Bonchev–Trinajstić information content (AvgIpc) is 2.81. The van der Waals surface area contributed by atoms with Crippen LogP contribution in [0.4, 0.5) is 0 Å². The van der Waals surface area contributed by atoms with Gasteiger partial charge in [-0.2, -0.15) is 5.10 Å². The van der Waals surface area contributed by atoms with Crippen molar-refractivity contribution < 1.29 is 14.6 Å². The zero-order chi connectivity index (χ0) is 13.8. The summed E-state index contributed by atoms with van der Waals surface area (Å²) in [6, 6.07) is 0.207. The van der Waals surface area contributed by atoms with Crippen molar-refractivity contribution in [1.29, 1.82) is 0 Å². The van der Waals surface area contributed by atoms with Gasteiger partial charge >= 0.3 is 5.97 Å². The van der Waals surface area contributed by atoms with Gasteiger partial charge in [0, 0.05) is 6.61 Å². The third-order valence-electron chi connectivity index (χ3n) is 3.65. The van der Waals surface area contributed by atoms with Crippen LogP contribution in [0.5, 0.6) is 0 Å². The lowest BCUT2D eigenvalue weighted by molar-refractivity contribution is 0.0526. The van der Waals surface area contributed by atoms with Crippen LogP contribution in [-0.4, -0.2) is 34.1 Å². The molecular formula is C13H19ClN2O3. The van der Waals surface area contributed by atoms with Crippen molar-refractivity contribution in [2.75, 3.05) is 13.2 Å². The van der Waals surface area contributed by atoms with Crippen LogP contribution in [0.2, 0.25) is 5.15 Å². The molecule has 0 aliphatic heterocycles. The molecule has 0 aromatic carbocycles. The second-order valence-electron chi connectivity index (χ2n) is 4.87. The molecule has 1 aromatic rings. The number of aromatic nitrogens is 2. The first-order valence-corrected chi connectivity index (χ1v) is 7.06. The highest BCUT2D eigenvalue weighted by molar-refractivity contribution is 6.32. The lowest BCUT2D eigenvalue weighted by Gasteiger charge is -2.27. The number of halogens is 1. The number of nitrogens with zero attached hydrogens (tertiary/aromatic N) is 2. The van der Waals surface area contributed by atoms with E-state index >= 15 is 0 Å². The van der Waals surface area contributed by atoms with Crippen molar-refractivity contribution in [3.8, 4) is 0 Å². The standard InChI is InChI=1S/C13H19ClN2O3/c1-2-19-13(18)11-7-15-16(12(11)14)10-5-3-9(8-17)4-6-10/h7,9-10,17H,2-6,8H2,1H3. The lowest BCUT2D eigenvalue weighted by atomic mass is 9.87. The lowest BCUT2D eigenvalue weighted by Crippen LogP contribution is -2.21. The average molecular weight is 287 g/mol. The fourth-order valence-corrected chi connectivity index (χ4v) is 2.83. The molecule has 0 unspecified atom stereocenters. The van der Waals surface area contributed by atoms with E-state index in [1.807, 2.05) is 0 Å². The number of aliphatic hydroxyl groups is 1. The van der Waals surface area contributed by atoms with E-state index in [-0.39, 0.29) is 12.6 Å². The first kappa shape index (κ1) is 14.3. The zero-order valence-electron chi connectivity index (χ0n) is 11.0. The number of aliphatic hydroxyl groups excluding tert-OH is 1. The zero-order valence-corrected chi connectivity index (χ0v) is 11.8. The highest BCUT2D eigenvalue weighted by atomic mass is 35.5. The summed E-state index contributed by atoms with van der Waals surface area (Å²) >= 11 is 6.21. The molecule has 1 heterocycles. The number of esters is 1. The molecule has 1 aliphatic carbocycles. The minimum Gasteiger partial charge on any atom is -0.462 e. The fraction of sp³-hybridized carbons (Fsp3) is 0.692. The van der Waals surface area contributed by atoms with Gasteiger partial charge in [-0.05, 0) is 38.5 Å². The number of carbonyl (C=O) groups excluding carboxylic acids is 1. The van der Waals surface area contributed by atoms with Gasteiger partial charge in [-0.3, -0.25) is 4.68 Å². The molecule has 0 atom stereocenters. The molecule has 1 aromatic heterocycles. The highest BCUT2D eigenvalue weighted by Gasteiger charge is 2.26. The quantitative estimate of drug-likeness (QED) is 0.864. The van der Waals surface area contributed by atoms with Gasteiger partial charge in [-0.25, -0.2) is 4.79 Å². The summed E-state index contributed by atoms with van der Waals surface area (Å²) in [5, 5.41) is 13.7. The molecule has 2 rings (SSSR count). The van der Waals surface area contributed by atoms with Crippen molar-refractivity contribution in [3.05, 3.63) is 16.9 Å². The first-order chi connectivity index (χ1) is 9.17. The summed E-state index contributed by atoms with van der Waals surface area (Å²) in [6.45, 7) is 2.32. The summed E-state index contributed by atoms with van der Waals surface area (Å²) in [5.74, 6) is -0.0436. The first-order valence-electron chi connectivity index (χ1n) is 6.68. The Balaban J connectivity index is 2.08. The van der Waals surface area contributed by atoms with Gasteiger partial charge in [0.25, 0.3) is 0 Å². The van der Waals surface area contributed by atoms with Crippen LogP contribution in [0, 0.1) is 5.92 Å². The molecule has 0 radical (unpaired) electrons. The number of hydrogen-bond donors (Lipinski definition) is 1. The van der Waals surface area contributed by atoms with Gasteiger partial charge in [-0.15, -0.1) is 0 Å². The molecule has 6 heteroatoms. The van der Waals surface area contributed by atoms with Gasteiger partial charge in [0.2, 0.25) is 0 Å². The molecule has 1 fully saturated rings. The summed E-state index contributed by atoms with van der Waals surface area (Å²) in [6.07, 6.45) is 5.25. The molecule has 1 saturated carbocycles. The van der Waals surface area contributed by atoms with Crippen LogP contribution >= 0.6 is 11.6 Å². The van der Waals surface area contributed by atoms with E-state index in [0.29, 0.717) is 23.2 Å². The van der Waals surface area contributed by atoms with Crippen molar-refractivity contribution >= 4 is 17.6 Å². The third-order valence-corrected chi connectivity index (χ3v) is 4.03. The largest absolute Gasteiger partial charge is 0.462 e. The fourth-order valence-electron chi connectivity index (χ4n) is 2.52. The Labute approximate surface area is 117 Å². The van der Waals surface area contributed by atoms with E-state index in [4.69, 9.17) is 21.4 Å². The topological polar surface area (TPSA) is 64.3 Å². The molecule has 0 amide bonds. The van der Waals surface area contributed by atoms with E-state index in [9.17, 15) is 4.79 Å². The van der Waals surface area contributed by atoms with Crippen LogP contribution < -0.4 is 0 Å². The molecule has 106 valence electrons. The maximum atomic E-state index is 11.7. The summed E-state index contributed by atoms with van der Waals surface area (Å²) in [7, 11) is 0. The Kier molecular flexibility index (Phi) is 4.82. The Morgan fingerprint density at radius 1 is 1.53 bits per heavy atom. The van der Waals surface area contributed by atoms with E-state index < -0.39 is 5.97 Å². The number of rotatable bonds is 4. The summed E-state index contributed by atoms with van der Waals surface area (Å²) < 4.78 is 6.64. The maximum Gasteiger partial charge on any atom is 0.342 e. The van der Waals surface area contributed by atoms with E-state index in [1.165, 1.54) is 6.20 Å². The molecule has 0 saturated heterocycles. The van der Waals surface area contributed by atoms with E-state index in [2.05, 4.69) is 5.10 Å². The Morgan fingerprint density at radius 2 is 2.21 bits per heavy atom. The molecule has 1 aliphatic rings. The number of ether oxygens (including phenoxy) is 1. The van der Waals surface area contributed by atoms with Crippen LogP contribution in [0.15, 0.2) is 6.20 Å². The molecule has 0 bridgehead atoms. The third kappa shape index (κ3) is 3.09. The van der Waals surface area contributed by atoms with Gasteiger partial charge in [0.15, 0.2) is 0 Å². The van der Waals surface area contributed by atoms with Crippen molar-refractivity contribution in [3.63, 3.8) is 0 Å².